The molecule has 13 rings (SSSR count). The maximum atomic E-state index is 2.72. The van der Waals surface area contributed by atoms with Crippen LogP contribution in [0, 0.1) is 6.92 Å². The summed E-state index contributed by atoms with van der Waals surface area (Å²) in [5.74, 6) is 0. The number of hydrogen-bond donors (Lipinski definition) is 0. The minimum absolute atomic E-state index is 0.512. The van der Waals surface area contributed by atoms with Gasteiger partial charge in [0.15, 0.2) is 0 Å². The highest BCUT2D eigenvalue weighted by molar-refractivity contribution is 6.99. The van der Waals surface area contributed by atoms with Gasteiger partial charge in [-0.25, -0.2) is 0 Å². The van der Waals surface area contributed by atoms with E-state index in [9.17, 15) is 0 Å². The summed E-state index contributed by atoms with van der Waals surface area (Å²) < 4.78 is 0. The first kappa shape index (κ1) is 35.9. The van der Waals surface area contributed by atoms with Gasteiger partial charge in [0.1, 0.15) is 0 Å². The number of fused-ring (bicyclic) bond motifs is 7. The van der Waals surface area contributed by atoms with Crippen LogP contribution in [0.25, 0.3) is 99.1 Å². The van der Waals surface area contributed by atoms with E-state index in [0.29, 0.717) is 10.6 Å². The van der Waals surface area contributed by atoms with E-state index in [-0.39, 0.29) is 0 Å². The van der Waals surface area contributed by atoms with Crippen molar-refractivity contribution in [2.75, 3.05) is 0 Å². The Morgan fingerprint density at radius 2 is 0.823 bits per heavy atom. The second-order valence-electron chi connectivity index (χ2n) is 18.8. The van der Waals surface area contributed by atoms with Gasteiger partial charge in [0.25, 0.3) is 0 Å². The molecular formula is C61H46Si. The molecule has 4 atom stereocenters. The monoisotopic (exact) mass is 806 g/mol. The van der Waals surface area contributed by atoms with Crippen molar-refractivity contribution < 1.29 is 0 Å². The average Bonchev–Trinajstić information content (AvgIpc) is 3.57. The maximum absolute atomic E-state index is 2.72. The van der Waals surface area contributed by atoms with E-state index in [4.69, 9.17) is 0 Å². The summed E-state index contributed by atoms with van der Waals surface area (Å²) in [6, 6.07) is 75.7. The van der Waals surface area contributed by atoms with Crippen molar-refractivity contribution in [3.8, 4) is 66.8 Å². The molecular weight excluding hydrogens is 761 g/mol. The molecule has 1 heteroatoms. The van der Waals surface area contributed by atoms with Gasteiger partial charge in [-0.05, 0) is 169 Å². The summed E-state index contributed by atoms with van der Waals surface area (Å²) >= 11 is 0. The van der Waals surface area contributed by atoms with Crippen LogP contribution in [0.1, 0.15) is 41.1 Å². The molecule has 0 bridgehead atoms. The zero-order valence-corrected chi connectivity index (χ0v) is 36.4. The second kappa shape index (κ2) is 13.1. The fourth-order valence-corrected chi connectivity index (χ4v) is 19.7. The smallest absolute Gasteiger partial charge is 0.0678 e. The van der Waals surface area contributed by atoms with E-state index in [1.807, 2.05) is 0 Å². The Bertz CT molecular complexity index is 3320. The van der Waals surface area contributed by atoms with Gasteiger partial charge in [-0.2, -0.15) is 0 Å². The molecule has 3 aliphatic heterocycles. The molecule has 0 aliphatic carbocycles. The summed E-state index contributed by atoms with van der Waals surface area (Å²) in [7, 11) is -1.44. The number of hydrogen-bond acceptors (Lipinski definition) is 0. The summed E-state index contributed by atoms with van der Waals surface area (Å²) in [5.41, 5.74) is 21.5. The van der Waals surface area contributed by atoms with Crippen molar-refractivity contribution >= 4 is 40.4 Å². The van der Waals surface area contributed by atoms with Gasteiger partial charge in [-0.1, -0.05) is 189 Å². The Kier molecular flexibility index (Phi) is 7.59. The van der Waals surface area contributed by atoms with Gasteiger partial charge in [-0.15, -0.1) is 0 Å². The molecule has 10 aromatic carbocycles. The zero-order valence-electron chi connectivity index (χ0n) is 35.4. The van der Waals surface area contributed by atoms with E-state index in [0.717, 1.165) is 5.54 Å². The number of aryl methyl sites for hydroxylation is 1. The van der Waals surface area contributed by atoms with Crippen LogP contribution in [0.5, 0.6) is 0 Å². The third-order valence-electron chi connectivity index (χ3n) is 16.0. The van der Waals surface area contributed by atoms with E-state index < -0.39 is 8.07 Å². The van der Waals surface area contributed by atoms with Gasteiger partial charge in [0.2, 0.25) is 0 Å². The highest BCUT2D eigenvalue weighted by Crippen LogP contribution is 2.92. The SMILES string of the molecule is Cc1ccc(-c2c3cc(-c4ccccc4)c(-c4ccccc4)cc3c(-c3cccc4c3C3C5(C)CC4[Si]35C)c3cc(-c4ccccc4)c(-c4ccccc4)cc23)c2ccccc12. The molecule has 3 heterocycles. The minimum atomic E-state index is -1.44. The molecule has 0 aromatic heterocycles. The molecule has 294 valence electrons. The predicted octanol–water partition coefficient (Wildman–Crippen LogP) is 17.0. The Morgan fingerprint density at radius 3 is 1.29 bits per heavy atom. The second-order valence-corrected chi connectivity index (χ2v) is 23.8. The highest BCUT2D eigenvalue weighted by atomic mass is 28.3. The van der Waals surface area contributed by atoms with Gasteiger partial charge in [0, 0.05) is 0 Å². The van der Waals surface area contributed by atoms with E-state index in [2.05, 4.69) is 221 Å². The van der Waals surface area contributed by atoms with Crippen LogP contribution in [0.2, 0.25) is 11.6 Å². The highest BCUT2D eigenvalue weighted by Gasteiger charge is 2.86. The molecule has 10 aromatic rings. The molecule has 0 nitrogen and oxygen atoms in total. The van der Waals surface area contributed by atoms with Crippen LogP contribution in [-0.2, 0) is 0 Å². The molecule has 0 saturated carbocycles. The van der Waals surface area contributed by atoms with Crippen LogP contribution < -0.4 is 0 Å². The van der Waals surface area contributed by atoms with Crippen LogP contribution >= 0.6 is 0 Å². The molecule has 0 spiro atoms. The van der Waals surface area contributed by atoms with E-state index in [1.165, 1.54) is 111 Å². The Hall–Kier alpha value is -6.80. The van der Waals surface area contributed by atoms with Crippen molar-refractivity contribution in [2.24, 2.45) is 0 Å². The average molecular weight is 807 g/mol. The van der Waals surface area contributed by atoms with Gasteiger partial charge < -0.3 is 0 Å². The molecule has 0 amide bonds. The molecule has 3 aliphatic rings. The van der Waals surface area contributed by atoms with Crippen LogP contribution in [-0.4, -0.2) is 8.07 Å². The predicted molar refractivity (Wildman–Crippen MR) is 266 cm³/mol. The van der Waals surface area contributed by atoms with Gasteiger partial charge >= 0.3 is 0 Å². The largest absolute Gasteiger partial charge is 0.0721 e. The lowest BCUT2D eigenvalue weighted by molar-refractivity contribution is 0.539. The van der Waals surface area contributed by atoms with Crippen LogP contribution in [0.15, 0.2) is 200 Å². The van der Waals surface area contributed by atoms with Gasteiger partial charge in [-0.3, -0.25) is 0 Å². The van der Waals surface area contributed by atoms with Crippen molar-refractivity contribution in [2.45, 2.75) is 42.9 Å². The first-order chi connectivity index (χ1) is 30.4. The van der Waals surface area contributed by atoms with Crippen molar-refractivity contribution in [3.05, 3.63) is 217 Å². The topological polar surface area (TPSA) is 0 Å². The van der Waals surface area contributed by atoms with Crippen molar-refractivity contribution in [1.29, 1.82) is 0 Å². The first-order valence-electron chi connectivity index (χ1n) is 22.4. The molecule has 2 saturated heterocycles. The molecule has 0 N–H and O–H groups in total. The number of benzene rings is 10. The third kappa shape index (κ3) is 4.83. The summed E-state index contributed by atoms with van der Waals surface area (Å²) in [4.78, 5) is 0. The van der Waals surface area contributed by atoms with E-state index >= 15 is 0 Å². The Balaban J connectivity index is 1.28. The lowest BCUT2D eigenvalue weighted by Gasteiger charge is -2.40. The Morgan fingerprint density at radius 1 is 0.403 bits per heavy atom. The Labute approximate surface area is 365 Å². The fraction of sp³-hybridized carbons (Fsp3) is 0.115. The summed E-state index contributed by atoms with van der Waals surface area (Å²) in [5, 5.41) is 8.35. The number of rotatable bonds is 6. The molecule has 0 radical (unpaired) electrons. The maximum Gasteiger partial charge on any atom is 0.0721 e. The van der Waals surface area contributed by atoms with E-state index in [1.54, 1.807) is 11.1 Å². The lowest BCUT2D eigenvalue weighted by Crippen LogP contribution is -2.36. The zero-order chi connectivity index (χ0) is 41.3. The van der Waals surface area contributed by atoms with Gasteiger partial charge in [0.05, 0.1) is 8.07 Å². The fourth-order valence-electron chi connectivity index (χ4n) is 12.8. The summed E-state index contributed by atoms with van der Waals surface area (Å²) in [6.07, 6.45) is 1.37. The molecule has 4 unspecified atom stereocenters. The quantitative estimate of drug-likeness (QED) is 0.116. The van der Waals surface area contributed by atoms with Crippen LogP contribution in [0.3, 0.4) is 0 Å². The first-order valence-corrected chi connectivity index (χ1v) is 25.0. The standard InChI is InChI=1S/C61H46Si/c1-38-31-32-45(44-28-17-16-27-43(38)44)57-52-33-48(39-19-8-4-9-20-39)50(41-23-12-6-13-24-41)35-54(52)58(47-30-18-29-46-56-37-61(2)60(59(46)47)62(56,61)3)55-36-51(42-25-14-7-15-26-42)49(34-53(55)57)40-21-10-5-11-22-40/h4-36,56,60H,37H2,1-3H3. The van der Waals surface area contributed by atoms with Crippen molar-refractivity contribution in [1.82, 2.24) is 0 Å². The lowest BCUT2D eigenvalue weighted by atomic mass is 9.76. The minimum Gasteiger partial charge on any atom is -0.0678 e. The normalized spacial score (nSPS) is 20.6. The molecule has 2 fully saturated rings. The molecule has 62 heavy (non-hydrogen) atoms. The van der Waals surface area contributed by atoms with Crippen LogP contribution in [0.4, 0.5) is 0 Å². The van der Waals surface area contributed by atoms with Crippen molar-refractivity contribution in [3.63, 3.8) is 0 Å². The third-order valence-corrected chi connectivity index (χ3v) is 22.7. The summed E-state index contributed by atoms with van der Waals surface area (Å²) in [6.45, 7) is 7.60.